The minimum absolute atomic E-state index is 0.0654. The van der Waals surface area contributed by atoms with Crippen molar-refractivity contribution in [2.24, 2.45) is 28.1 Å². The van der Waals surface area contributed by atoms with Gasteiger partial charge in [0.25, 0.3) is 0 Å². The maximum Gasteiger partial charge on any atom is 0.312 e. The summed E-state index contributed by atoms with van der Waals surface area (Å²) in [4.78, 5) is 72.7. The van der Waals surface area contributed by atoms with Crippen molar-refractivity contribution >= 4 is 35.0 Å². The Labute approximate surface area is 626 Å². The highest BCUT2D eigenvalue weighted by molar-refractivity contribution is 7.13. The lowest BCUT2D eigenvalue weighted by Crippen LogP contribution is -2.52. The van der Waals surface area contributed by atoms with E-state index in [4.69, 9.17) is 28.7 Å². The van der Waals surface area contributed by atoms with Crippen LogP contribution >= 0.6 is 11.3 Å². The first-order valence-electron chi connectivity index (χ1n) is 37.1. The van der Waals surface area contributed by atoms with E-state index < -0.39 is 0 Å². The van der Waals surface area contributed by atoms with Crippen molar-refractivity contribution in [1.29, 1.82) is 0 Å². The number of likely N-dealkylation sites (tertiary alicyclic amines) is 4. The van der Waals surface area contributed by atoms with Crippen LogP contribution in [-0.4, -0.2) is 183 Å². The second-order valence-corrected chi connectivity index (χ2v) is 30.5. The molecule has 0 saturated carbocycles. The molecule has 0 spiro atoms. The van der Waals surface area contributed by atoms with Gasteiger partial charge in [-0.25, -0.2) is 4.98 Å². The van der Waals surface area contributed by atoms with Gasteiger partial charge in [-0.3, -0.25) is 43.8 Å². The molecule has 13 rings (SSSR count). The minimum Gasteiger partial charge on any atom is -0.493 e. The van der Waals surface area contributed by atoms with E-state index >= 15 is 0 Å². The van der Waals surface area contributed by atoms with Crippen LogP contribution in [0, 0.1) is 28.1 Å². The Morgan fingerprint density at radius 1 is 0.552 bits per heavy atom. The van der Waals surface area contributed by atoms with Gasteiger partial charge in [0.1, 0.15) is 33.8 Å². The monoisotopic (exact) mass is 1440 g/mol. The fraction of sp³-hybridized carbons (Fsp3) is 0.435. The van der Waals surface area contributed by atoms with Crippen molar-refractivity contribution in [2.45, 2.75) is 93.0 Å². The lowest BCUT2D eigenvalue weighted by atomic mass is 9.87. The first-order valence-corrected chi connectivity index (χ1v) is 38.0. The van der Waals surface area contributed by atoms with Gasteiger partial charge in [0.2, 0.25) is 17.7 Å². The van der Waals surface area contributed by atoms with Crippen LogP contribution in [-0.2, 0) is 61.4 Å². The first kappa shape index (κ1) is 78.7. The van der Waals surface area contributed by atoms with Crippen molar-refractivity contribution in [3.8, 4) is 39.3 Å². The number of aromatic nitrogens is 2. The number of carbonyl (C=O) groups is 4. The van der Waals surface area contributed by atoms with E-state index in [1.165, 1.54) is 23.8 Å². The number of thiazole rings is 1. The van der Waals surface area contributed by atoms with Crippen LogP contribution in [0.1, 0.15) is 88.4 Å². The molecule has 20 heteroatoms. The summed E-state index contributed by atoms with van der Waals surface area (Å²) in [5, 5.41) is 9.16. The second-order valence-electron chi connectivity index (χ2n) is 29.6. The standard InChI is InChI=1S/C24H31N3O2.C22H24N4OS.C21H26N2O3.C18H27NO3/c1-24(23(28)27-15-13-25(2)14-16-27)11-12-26(19-24)18-20-7-6-10-22(17-20)29-21-8-4-3-5-9-21;1-22(21(27)24-13-18-9-5-6-11-23-18)10-12-26(16-22)14-19-15-28-20(25-19)17-7-3-2-4-8-17;1-25-13-11-22-21(24)18-10-12-23(16-18)15-17-6-5-9-20(14-17)26-19-7-3-2-4-8-19;1-14(2)12-22-16-7-5-6-15(10-16)11-19-9-8-18(3,13-19)17(20)21-4/h3-10,17H,11-16,18-19H2,1-2H3;2-9,11,15H,10,12-14,16H2,1H3,(H,24,27);2-9,14,18H,10-13,15-16H2,1H3,(H,22,24);5-7,10,14H,8-9,11-13H2,1-4H3. The molecule has 0 radical (unpaired) electrons. The van der Waals surface area contributed by atoms with Gasteiger partial charge in [-0.1, -0.05) is 123 Å². The van der Waals surface area contributed by atoms with Gasteiger partial charge < -0.3 is 44.1 Å². The maximum atomic E-state index is 13.1. The fourth-order valence-corrected chi connectivity index (χ4v) is 14.8. The normalized spacial score (nSPS) is 20.5. The molecule has 4 atom stereocenters. The van der Waals surface area contributed by atoms with Gasteiger partial charge in [-0.15, -0.1) is 11.3 Å². The average molecular weight is 1450 g/mol. The number of para-hydroxylation sites is 2. The smallest absolute Gasteiger partial charge is 0.312 e. The average Bonchev–Trinajstić information content (AvgIpc) is 1.70. The van der Waals surface area contributed by atoms with Gasteiger partial charge in [0.15, 0.2) is 0 Å². The van der Waals surface area contributed by atoms with E-state index in [1.807, 2.05) is 140 Å². The van der Waals surface area contributed by atoms with Crippen LogP contribution in [0.5, 0.6) is 28.7 Å². The summed E-state index contributed by atoms with van der Waals surface area (Å²) in [5.41, 5.74) is 5.72. The molecule has 2 N–H and O–H groups in total. The number of benzene rings is 6. The van der Waals surface area contributed by atoms with Crippen molar-refractivity contribution in [3.05, 3.63) is 222 Å². The number of pyridine rings is 1. The number of hydrogen-bond donors (Lipinski definition) is 2. The summed E-state index contributed by atoms with van der Waals surface area (Å²) < 4.78 is 27.5. The number of carbonyl (C=O) groups excluding carboxylic acids is 4. The molecule has 558 valence electrons. The molecule has 6 aromatic carbocycles. The number of piperazine rings is 1. The van der Waals surface area contributed by atoms with E-state index in [0.717, 1.165) is 188 Å². The van der Waals surface area contributed by atoms with Crippen molar-refractivity contribution in [2.75, 3.05) is 120 Å². The third-order valence-electron chi connectivity index (χ3n) is 20.0. The number of esters is 1. The van der Waals surface area contributed by atoms with E-state index in [1.54, 1.807) is 24.6 Å². The van der Waals surface area contributed by atoms with Crippen LogP contribution in [0.25, 0.3) is 10.6 Å². The molecule has 5 saturated heterocycles. The van der Waals surface area contributed by atoms with Crippen LogP contribution < -0.4 is 24.8 Å². The number of amides is 3. The van der Waals surface area contributed by atoms with E-state index in [0.29, 0.717) is 31.5 Å². The number of rotatable bonds is 25. The van der Waals surface area contributed by atoms with Gasteiger partial charge in [-0.2, -0.15) is 0 Å². The van der Waals surface area contributed by atoms with Crippen LogP contribution in [0.4, 0.5) is 0 Å². The number of hydrogen-bond acceptors (Lipinski definition) is 17. The molecule has 0 bridgehead atoms. The van der Waals surface area contributed by atoms with E-state index in [2.05, 4.69) is 134 Å². The predicted molar refractivity (Wildman–Crippen MR) is 415 cm³/mol. The second kappa shape index (κ2) is 38.9. The van der Waals surface area contributed by atoms with Crippen molar-refractivity contribution < 1.29 is 42.9 Å². The molecule has 105 heavy (non-hydrogen) atoms. The van der Waals surface area contributed by atoms with Gasteiger partial charge >= 0.3 is 5.97 Å². The van der Waals surface area contributed by atoms with Gasteiger partial charge in [-0.05, 0) is 175 Å². The summed E-state index contributed by atoms with van der Waals surface area (Å²) in [6, 6.07) is 60.3. The Hall–Kier alpha value is -8.86. The van der Waals surface area contributed by atoms with E-state index in [9.17, 15) is 19.2 Å². The quantitative estimate of drug-likeness (QED) is 0.0406. The Morgan fingerprint density at radius 2 is 1.08 bits per heavy atom. The number of likely N-dealkylation sites (N-methyl/N-ethyl adjacent to an activating group) is 1. The summed E-state index contributed by atoms with van der Waals surface area (Å²) in [6.07, 6.45) is 5.29. The highest BCUT2D eigenvalue weighted by Gasteiger charge is 2.44. The fourth-order valence-electron chi connectivity index (χ4n) is 14.0. The molecular formula is C85H108N10O9S. The molecule has 7 heterocycles. The summed E-state index contributed by atoms with van der Waals surface area (Å²) in [7, 11) is 5.22. The molecule has 0 aliphatic carbocycles. The molecule has 5 aliphatic rings. The third kappa shape index (κ3) is 24.1. The predicted octanol–water partition coefficient (Wildman–Crippen LogP) is 13.4. The number of ether oxygens (including phenoxy) is 5. The Kier molecular flexibility index (Phi) is 29.2. The van der Waals surface area contributed by atoms with E-state index in [-0.39, 0.29) is 39.9 Å². The minimum atomic E-state index is -0.375. The molecule has 5 fully saturated rings. The molecule has 19 nitrogen and oxygen atoms in total. The largest absolute Gasteiger partial charge is 0.493 e. The van der Waals surface area contributed by atoms with Gasteiger partial charge in [0, 0.05) is 109 Å². The summed E-state index contributed by atoms with van der Waals surface area (Å²) >= 11 is 1.67. The topological polar surface area (TPSA) is 184 Å². The zero-order chi connectivity index (χ0) is 74.0. The molecule has 2 aromatic heterocycles. The maximum absolute atomic E-state index is 13.1. The number of nitrogens with one attached hydrogen (secondary N) is 2. The highest BCUT2D eigenvalue weighted by Crippen LogP contribution is 2.37. The molecule has 5 aliphatic heterocycles. The third-order valence-corrected chi connectivity index (χ3v) is 20.9. The Balaban J connectivity index is 0.000000151. The number of nitrogens with zero attached hydrogens (tertiary/aromatic N) is 8. The molecule has 8 aromatic rings. The summed E-state index contributed by atoms with van der Waals surface area (Å²) in [6.45, 7) is 26.6. The van der Waals surface area contributed by atoms with Crippen LogP contribution in [0.15, 0.2) is 194 Å². The van der Waals surface area contributed by atoms with Gasteiger partial charge in [0.05, 0.1) is 60.4 Å². The zero-order valence-corrected chi connectivity index (χ0v) is 63.6. The first-order chi connectivity index (χ1) is 50.8. The molecular weight excluding hydrogens is 1340 g/mol. The number of methoxy groups -OCH3 is 2. The molecule has 4 unspecified atom stereocenters. The Morgan fingerprint density at radius 3 is 1.66 bits per heavy atom. The lowest BCUT2D eigenvalue weighted by molar-refractivity contribution is -0.151. The lowest BCUT2D eigenvalue weighted by Gasteiger charge is -2.37. The van der Waals surface area contributed by atoms with Crippen molar-refractivity contribution in [1.82, 2.24) is 50.0 Å². The SMILES string of the molecule is CC1(C(=O)NCc2ccccn2)CCN(Cc2csc(-c3ccccc3)n2)C1.CN1CCN(C(=O)C2(C)CCN(Cc3cccc(Oc4ccccc4)c3)C2)CC1.COC(=O)C1(C)CCN(Cc2cccc(OCC(C)C)c2)C1.COCCNC(=O)C1CCN(Cc2cccc(Oc3ccccc3)c2)C1. The Bertz CT molecular complexity index is 4000. The van der Waals surface area contributed by atoms with Crippen LogP contribution in [0.3, 0.4) is 0 Å². The van der Waals surface area contributed by atoms with Crippen LogP contribution in [0.2, 0.25) is 0 Å². The van der Waals surface area contributed by atoms with Crippen molar-refractivity contribution in [3.63, 3.8) is 0 Å². The zero-order valence-electron chi connectivity index (χ0n) is 62.8. The highest BCUT2D eigenvalue weighted by atomic mass is 32.1. The summed E-state index contributed by atoms with van der Waals surface area (Å²) in [5.74, 6) is 5.31. The molecule has 3 amide bonds.